The van der Waals surface area contributed by atoms with Gasteiger partial charge in [-0.3, -0.25) is 0 Å². The molecule has 0 heterocycles. The highest BCUT2D eigenvalue weighted by Crippen LogP contribution is 2.17. The summed E-state index contributed by atoms with van der Waals surface area (Å²) in [5, 5.41) is 8.63. The van der Waals surface area contributed by atoms with Crippen LogP contribution in [0.5, 0.6) is 5.75 Å². The van der Waals surface area contributed by atoms with Crippen molar-refractivity contribution in [2.45, 2.75) is 32.2 Å². The summed E-state index contributed by atoms with van der Waals surface area (Å²) in [6, 6.07) is 7.93. The van der Waals surface area contributed by atoms with Gasteiger partial charge in [-0.2, -0.15) is 0 Å². The maximum atomic E-state index is 8.63. The molecular formula is C13H21NO2. The van der Waals surface area contributed by atoms with Crippen molar-refractivity contribution in [3.63, 3.8) is 0 Å². The Labute approximate surface area is 97.2 Å². The van der Waals surface area contributed by atoms with Gasteiger partial charge in [0.1, 0.15) is 5.75 Å². The molecule has 0 spiro atoms. The zero-order valence-corrected chi connectivity index (χ0v) is 9.86. The molecule has 90 valence electrons. The molecule has 1 aromatic rings. The fourth-order valence-electron chi connectivity index (χ4n) is 1.47. The van der Waals surface area contributed by atoms with Crippen molar-refractivity contribution in [1.82, 2.24) is 0 Å². The number of nitrogens with two attached hydrogens (primary N) is 1. The van der Waals surface area contributed by atoms with Crippen molar-refractivity contribution in [2.24, 2.45) is 5.73 Å². The molecule has 0 aliphatic heterocycles. The molecule has 0 bridgehead atoms. The summed E-state index contributed by atoms with van der Waals surface area (Å²) < 4.78 is 5.61. The number of hydrogen-bond donors (Lipinski definition) is 2. The van der Waals surface area contributed by atoms with Crippen LogP contribution in [0.25, 0.3) is 0 Å². The molecule has 3 heteroatoms. The normalized spacial score (nSPS) is 12.4. The van der Waals surface area contributed by atoms with Gasteiger partial charge in [0.15, 0.2) is 0 Å². The lowest BCUT2D eigenvalue weighted by atomic mass is 10.1. The van der Waals surface area contributed by atoms with Crippen molar-refractivity contribution in [2.75, 3.05) is 13.2 Å². The van der Waals surface area contributed by atoms with Gasteiger partial charge in [-0.15, -0.1) is 0 Å². The summed E-state index contributed by atoms with van der Waals surface area (Å²) >= 11 is 0. The average molecular weight is 223 g/mol. The van der Waals surface area contributed by atoms with Crippen LogP contribution in [0, 0.1) is 0 Å². The van der Waals surface area contributed by atoms with Gasteiger partial charge in [-0.1, -0.05) is 12.1 Å². The van der Waals surface area contributed by atoms with Crippen LogP contribution in [0.3, 0.4) is 0 Å². The molecule has 0 saturated heterocycles. The Morgan fingerprint density at radius 3 is 2.81 bits per heavy atom. The summed E-state index contributed by atoms with van der Waals surface area (Å²) in [5.41, 5.74) is 6.88. The van der Waals surface area contributed by atoms with E-state index >= 15 is 0 Å². The molecule has 0 unspecified atom stereocenters. The van der Waals surface area contributed by atoms with Crippen LogP contribution in [-0.2, 0) is 0 Å². The van der Waals surface area contributed by atoms with Gasteiger partial charge in [0.25, 0.3) is 0 Å². The second-order valence-corrected chi connectivity index (χ2v) is 3.99. The predicted octanol–water partition coefficient (Wildman–Crippen LogP) is 2.25. The second-order valence-electron chi connectivity index (χ2n) is 3.99. The fourth-order valence-corrected chi connectivity index (χ4v) is 1.47. The van der Waals surface area contributed by atoms with Gasteiger partial charge >= 0.3 is 0 Å². The van der Waals surface area contributed by atoms with Crippen molar-refractivity contribution in [3.8, 4) is 5.75 Å². The van der Waals surface area contributed by atoms with E-state index in [9.17, 15) is 0 Å². The summed E-state index contributed by atoms with van der Waals surface area (Å²) in [7, 11) is 0. The standard InChI is InChI=1S/C13H21NO2/c1-11(14)12-6-5-7-13(10-12)16-9-4-2-3-8-15/h5-7,10-11,15H,2-4,8-9,14H2,1H3/t11-/m1/s1. The Kier molecular flexibility index (Phi) is 5.90. The zero-order valence-electron chi connectivity index (χ0n) is 9.86. The number of hydrogen-bond acceptors (Lipinski definition) is 3. The molecule has 3 N–H and O–H groups in total. The summed E-state index contributed by atoms with van der Waals surface area (Å²) in [4.78, 5) is 0. The van der Waals surface area contributed by atoms with E-state index in [-0.39, 0.29) is 12.6 Å². The van der Waals surface area contributed by atoms with Crippen LogP contribution in [0.1, 0.15) is 37.8 Å². The maximum absolute atomic E-state index is 8.63. The number of unbranched alkanes of at least 4 members (excludes halogenated alkanes) is 2. The molecule has 0 radical (unpaired) electrons. The van der Waals surface area contributed by atoms with Gasteiger partial charge in [0.2, 0.25) is 0 Å². The molecule has 1 aromatic carbocycles. The maximum Gasteiger partial charge on any atom is 0.119 e. The zero-order chi connectivity index (χ0) is 11.8. The van der Waals surface area contributed by atoms with Crippen LogP contribution in [0.2, 0.25) is 0 Å². The van der Waals surface area contributed by atoms with Crippen molar-refractivity contribution in [1.29, 1.82) is 0 Å². The van der Waals surface area contributed by atoms with Crippen LogP contribution in [0.4, 0.5) is 0 Å². The number of ether oxygens (including phenoxy) is 1. The number of benzene rings is 1. The second kappa shape index (κ2) is 7.25. The first kappa shape index (κ1) is 13.0. The quantitative estimate of drug-likeness (QED) is 0.697. The minimum atomic E-state index is 0.0398. The Morgan fingerprint density at radius 2 is 2.12 bits per heavy atom. The highest BCUT2D eigenvalue weighted by molar-refractivity contribution is 5.30. The number of aliphatic hydroxyl groups is 1. The van der Waals surface area contributed by atoms with Gasteiger partial charge in [-0.25, -0.2) is 0 Å². The SMILES string of the molecule is C[C@@H](N)c1cccc(OCCCCCO)c1. The number of rotatable bonds is 7. The Hall–Kier alpha value is -1.06. The van der Waals surface area contributed by atoms with Gasteiger partial charge in [0.05, 0.1) is 6.61 Å². The monoisotopic (exact) mass is 223 g/mol. The minimum Gasteiger partial charge on any atom is -0.494 e. The first-order chi connectivity index (χ1) is 7.74. The van der Waals surface area contributed by atoms with Crippen LogP contribution >= 0.6 is 0 Å². The van der Waals surface area contributed by atoms with E-state index in [4.69, 9.17) is 15.6 Å². The van der Waals surface area contributed by atoms with Gasteiger partial charge in [-0.05, 0) is 43.9 Å². The van der Waals surface area contributed by atoms with Crippen molar-refractivity contribution in [3.05, 3.63) is 29.8 Å². The molecule has 1 rings (SSSR count). The smallest absolute Gasteiger partial charge is 0.119 e. The van der Waals surface area contributed by atoms with E-state index in [1.807, 2.05) is 31.2 Å². The minimum absolute atomic E-state index is 0.0398. The molecule has 3 nitrogen and oxygen atoms in total. The third-order valence-electron chi connectivity index (χ3n) is 2.46. The van der Waals surface area contributed by atoms with Crippen molar-refractivity contribution < 1.29 is 9.84 Å². The highest BCUT2D eigenvalue weighted by Gasteiger charge is 2.00. The highest BCUT2D eigenvalue weighted by atomic mass is 16.5. The summed E-state index contributed by atoms with van der Waals surface area (Å²) in [5.74, 6) is 0.874. The molecule has 1 atom stereocenters. The van der Waals surface area contributed by atoms with Crippen LogP contribution in [-0.4, -0.2) is 18.3 Å². The van der Waals surface area contributed by atoms with E-state index in [1.165, 1.54) is 0 Å². The van der Waals surface area contributed by atoms with Gasteiger partial charge < -0.3 is 15.6 Å². The molecule has 0 fully saturated rings. The van der Waals surface area contributed by atoms with Crippen LogP contribution in [0.15, 0.2) is 24.3 Å². The Morgan fingerprint density at radius 1 is 1.31 bits per heavy atom. The molecule has 0 aromatic heterocycles. The van der Waals surface area contributed by atoms with E-state index in [0.29, 0.717) is 6.61 Å². The molecule has 0 aliphatic rings. The summed E-state index contributed by atoms with van der Waals surface area (Å²) in [6.45, 7) is 2.92. The lowest BCUT2D eigenvalue weighted by Crippen LogP contribution is -2.05. The first-order valence-electron chi connectivity index (χ1n) is 5.83. The summed E-state index contributed by atoms with van der Waals surface area (Å²) in [6.07, 6.45) is 2.83. The molecule has 0 aliphatic carbocycles. The largest absolute Gasteiger partial charge is 0.494 e. The third-order valence-corrected chi connectivity index (χ3v) is 2.46. The van der Waals surface area contributed by atoms with E-state index in [0.717, 1.165) is 30.6 Å². The van der Waals surface area contributed by atoms with Crippen LogP contribution < -0.4 is 10.5 Å². The van der Waals surface area contributed by atoms with E-state index in [2.05, 4.69) is 0 Å². The average Bonchev–Trinajstić information content (AvgIpc) is 2.29. The topological polar surface area (TPSA) is 55.5 Å². The predicted molar refractivity (Wildman–Crippen MR) is 65.5 cm³/mol. The van der Waals surface area contributed by atoms with E-state index in [1.54, 1.807) is 0 Å². The third kappa shape index (κ3) is 4.64. The first-order valence-corrected chi connectivity index (χ1v) is 5.83. The molecule has 0 amide bonds. The Balaban J connectivity index is 2.33. The fraction of sp³-hybridized carbons (Fsp3) is 0.538. The lowest BCUT2D eigenvalue weighted by Gasteiger charge is -2.09. The Bertz CT molecular complexity index is 300. The van der Waals surface area contributed by atoms with Crippen molar-refractivity contribution >= 4 is 0 Å². The molecule has 0 saturated carbocycles. The van der Waals surface area contributed by atoms with Gasteiger partial charge in [0, 0.05) is 12.6 Å². The molecular weight excluding hydrogens is 202 g/mol. The molecule has 16 heavy (non-hydrogen) atoms. The van der Waals surface area contributed by atoms with E-state index < -0.39 is 0 Å². The lowest BCUT2D eigenvalue weighted by molar-refractivity contribution is 0.266. The number of aliphatic hydroxyl groups excluding tert-OH is 1.